The monoisotopic (exact) mass is 339 g/mol. The summed E-state index contributed by atoms with van der Waals surface area (Å²) in [4.78, 5) is 26.6. The van der Waals surface area contributed by atoms with E-state index < -0.39 is 4.92 Å². The first-order valence-electron chi connectivity index (χ1n) is 5.78. The van der Waals surface area contributed by atoms with E-state index in [-0.39, 0.29) is 36.2 Å². The second kappa shape index (κ2) is 5.89. The van der Waals surface area contributed by atoms with E-state index >= 15 is 0 Å². The third-order valence-electron chi connectivity index (χ3n) is 3.03. The third kappa shape index (κ3) is 2.89. The Morgan fingerprint density at radius 2 is 2.35 bits per heavy atom. The van der Waals surface area contributed by atoms with Crippen LogP contribution in [0.2, 0.25) is 0 Å². The Morgan fingerprint density at radius 3 is 3.00 bits per heavy atom. The number of rotatable bonds is 4. The number of amides is 1. The van der Waals surface area contributed by atoms with Crippen molar-refractivity contribution in [3.63, 3.8) is 0 Å². The zero-order chi connectivity index (χ0) is 14.7. The van der Waals surface area contributed by atoms with Crippen LogP contribution in [0.1, 0.15) is 6.42 Å². The van der Waals surface area contributed by atoms with Gasteiger partial charge in [-0.2, -0.15) is 0 Å². The van der Waals surface area contributed by atoms with Crippen molar-refractivity contribution in [3.05, 3.63) is 43.2 Å². The second-order valence-corrected chi connectivity index (χ2v) is 5.29. The van der Waals surface area contributed by atoms with E-state index in [1.807, 2.05) is 0 Å². The van der Waals surface area contributed by atoms with Crippen LogP contribution in [0.15, 0.2) is 27.8 Å². The molecule has 104 valence electrons. The van der Waals surface area contributed by atoms with Crippen LogP contribution in [0.5, 0.6) is 0 Å². The Balaban J connectivity index is 2.30. The SMILES string of the molecule is [N-]=[N+]=NCC1CC(=O)N(c2ccc(Br)cc2[N+](=O)[O-])C1. The number of hydrogen-bond donors (Lipinski definition) is 0. The number of nitro benzene ring substituents is 1. The van der Waals surface area contributed by atoms with Crippen molar-refractivity contribution in [2.24, 2.45) is 11.0 Å². The standard InChI is InChI=1S/C11H10BrN5O3/c12-8-1-2-9(10(4-8)17(19)20)16-6-7(3-11(16)18)5-14-15-13/h1-2,4,7H,3,5-6H2. The first kappa shape index (κ1) is 14.3. The van der Waals surface area contributed by atoms with E-state index in [9.17, 15) is 14.9 Å². The lowest BCUT2D eigenvalue weighted by Crippen LogP contribution is -2.25. The van der Waals surface area contributed by atoms with Gasteiger partial charge in [0.05, 0.1) is 4.92 Å². The molecule has 0 saturated carbocycles. The number of nitrogens with zero attached hydrogens (tertiary/aromatic N) is 5. The molecule has 1 aliphatic rings. The molecule has 1 heterocycles. The highest BCUT2D eigenvalue weighted by atomic mass is 79.9. The fraction of sp³-hybridized carbons (Fsp3) is 0.364. The van der Waals surface area contributed by atoms with Crippen LogP contribution in [0.4, 0.5) is 11.4 Å². The molecule has 0 aromatic heterocycles. The molecule has 1 aromatic carbocycles. The number of halogens is 1. The van der Waals surface area contributed by atoms with E-state index in [1.165, 1.54) is 17.0 Å². The summed E-state index contributed by atoms with van der Waals surface area (Å²) in [5.41, 5.74) is 8.43. The lowest BCUT2D eigenvalue weighted by atomic mass is 10.1. The Kier molecular flexibility index (Phi) is 4.21. The quantitative estimate of drug-likeness (QED) is 0.276. The number of azide groups is 1. The summed E-state index contributed by atoms with van der Waals surface area (Å²) in [5, 5.41) is 14.5. The summed E-state index contributed by atoms with van der Waals surface area (Å²) < 4.78 is 0.574. The molecule has 0 spiro atoms. The highest BCUT2D eigenvalue weighted by molar-refractivity contribution is 9.10. The molecule has 0 aliphatic carbocycles. The normalized spacial score (nSPS) is 17.9. The lowest BCUT2D eigenvalue weighted by molar-refractivity contribution is -0.384. The number of carbonyl (C=O) groups excluding carboxylic acids is 1. The summed E-state index contributed by atoms with van der Waals surface area (Å²) in [7, 11) is 0. The zero-order valence-electron chi connectivity index (χ0n) is 10.3. The summed E-state index contributed by atoms with van der Waals surface area (Å²) in [6, 6.07) is 4.55. The molecule has 2 rings (SSSR count). The highest BCUT2D eigenvalue weighted by Crippen LogP contribution is 2.34. The molecule has 1 saturated heterocycles. The predicted octanol–water partition coefficient (Wildman–Crippen LogP) is 3.02. The van der Waals surface area contributed by atoms with Crippen molar-refractivity contribution >= 4 is 33.2 Å². The van der Waals surface area contributed by atoms with E-state index in [0.29, 0.717) is 11.0 Å². The molecular weight excluding hydrogens is 330 g/mol. The number of hydrogen-bond acceptors (Lipinski definition) is 4. The van der Waals surface area contributed by atoms with Crippen LogP contribution in [0.3, 0.4) is 0 Å². The van der Waals surface area contributed by atoms with Crippen molar-refractivity contribution in [2.45, 2.75) is 6.42 Å². The van der Waals surface area contributed by atoms with Crippen LogP contribution in [0.25, 0.3) is 10.4 Å². The summed E-state index contributed by atoms with van der Waals surface area (Å²) in [5.74, 6) is -0.310. The Morgan fingerprint density at radius 1 is 1.60 bits per heavy atom. The van der Waals surface area contributed by atoms with Crippen molar-refractivity contribution in [2.75, 3.05) is 18.0 Å². The number of anilines is 1. The van der Waals surface area contributed by atoms with Crippen LogP contribution in [0, 0.1) is 16.0 Å². The molecule has 1 atom stereocenters. The summed E-state index contributed by atoms with van der Waals surface area (Å²) in [6.07, 6.45) is 0.228. The molecule has 1 unspecified atom stereocenters. The fourth-order valence-corrected chi connectivity index (χ4v) is 2.51. The first-order chi connectivity index (χ1) is 9.52. The highest BCUT2D eigenvalue weighted by Gasteiger charge is 2.33. The summed E-state index contributed by atoms with van der Waals surface area (Å²) in [6.45, 7) is 0.531. The molecule has 0 bridgehead atoms. The van der Waals surface area contributed by atoms with Crippen LogP contribution >= 0.6 is 15.9 Å². The van der Waals surface area contributed by atoms with Gasteiger partial charge in [0.2, 0.25) is 5.91 Å². The molecule has 8 nitrogen and oxygen atoms in total. The van der Waals surface area contributed by atoms with Gasteiger partial charge < -0.3 is 4.90 Å². The van der Waals surface area contributed by atoms with E-state index in [1.54, 1.807) is 6.07 Å². The first-order valence-corrected chi connectivity index (χ1v) is 6.57. The van der Waals surface area contributed by atoms with Crippen molar-refractivity contribution < 1.29 is 9.72 Å². The zero-order valence-corrected chi connectivity index (χ0v) is 11.9. The molecule has 1 aromatic rings. The van der Waals surface area contributed by atoms with Gasteiger partial charge in [-0.15, -0.1) is 0 Å². The van der Waals surface area contributed by atoms with Crippen molar-refractivity contribution in [1.29, 1.82) is 0 Å². The average Bonchev–Trinajstić information content (AvgIpc) is 2.77. The number of benzene rings is 1. The van der Waals surface area contributed by atoms with E-state index in [0.717, 1.165) is 0 Å². The van der Waals surface area contributed by atoms with Gasteiger partial charge in [0.1, 0.15) is 5.69 Å². The Hall–Kier alpha value is -2.12. The number of nitro groups is 1. The largest absolute Gasteiger partial charge is 0.306 e. The minimum absolute atomic E-state index is 0.110. The minimum Gasteiger partial charge on any atom is -0.306 e. The molecule has 1 aliphatic heterocycles. The maximum atomic E-state index is 12.0. The Labute approximate surface area is 122 Å². The molecule has 1 fully saturated rings. The molecular formula is C11H10BrN5O3. The van der Waals surface area contributed by atoms with Gasteiger partial charge in [0.15, 0.2) is 0 Å². The van der Waals surface area contributed by atoms with E-state index in [4.69, 9.17) is 5.53 Å². The average molecular weight is 340 g/mol. The van der Waals surface area contributed by atoms with Gasteiger partial charge in [-0.1, -0.05) is 21.0 Å². The molecule has 0 N–H and O–H groups in total. The molecule has 9 heteroatoms. The van der Waals surface area contributed by atoms with Gasteiger partial charge in [-0.05, 0) is 23.6 Å². The molecule has 1 amide bonds. The predicted molar refractivity (Wildman–Crippen MR) is 75.3 cm³/mol. The molecule has 20 heavy (non-hydrogen) atoms. The third-order valence-corrected chi connectivity index (χ3v) is 3.53. The van der Waals surface area contributed by atoms with E-state index in [2.05, 4.69) is 26.0 Å². The van der Waals surface area contributed by atoms with Gasteiger partial charge >= 0.3 is 0 Å². The van der Waals surface area contributed by atoms with Gasteiger partial charge in [0.25, 0.3) is 5.69 Å². The van der Waals surface area contributed by atoms with Gasteiger partial charge in [0, 0.05) is 35.0 Å². The smallest absolute Gasteiger partial charge is 0.294 e. The maximum Gasteiger partial charge on any atom is 0.294 e. The lowest BCUT2D eigenvalue weighted by Gasteiger charge is -2.16. The second-order valence-electron chi connectivity index (χ2n) is 4.38. The summed E-state index contributed by atoms with van der Waals surface area (Å²) >= 11 is 3.17. The Bertz CT molecular complexity index is 614. The molecule has 0 radical (unpaired) electrons. The topological polar surface area (TPSA) is 112 Å². The van der Waals surface area contributed by atoms with Crippen LogP contribution in [-0.2, 0) is 4.79 Å². The number of carbonyl (C=O) groups is 1. The maximum absolute atomic E-state index is 12.0. The van der Waals surface area contributed by atoms with Crippen molar-refractivity contribution in [3.8, 4) is 0 Å². The van der Waals surface area contributed by atoms with Crippen molar-refractivity contribution in [1.82, 2.24) is 0 Å². The van der Waals surface area contributed by atoms with Crippen LogP contribution in [-0.4, -0.2) is 23.9 Å². The van der Waals surface area contributed by atoms with Gasteiger partial charge in [-0.25, -0.2) is 0 Å². The minimum atomic E-state index is -0.520. The van der Waals surface area contributed by atoms with Crippen LogP contribution < -0.4 is 4.90 Å². The van der Waals surface area contributed by atoms with Gasteiger partial charge in [-0.3, -0.25) is 14.9 Å². The fourth-order valence-electron chi connectivity index (χ4n) is 2.16.